The Hall–Kier alpha value is -4.71. The van der Waals surface area contributed by atoms with Gasteiger partial charge in [-0.05, 0) is 48.4 Å². The molecule has 0 saturated heterocycles. The van der Waals surface area contributed by atoms with Crippen molar-refractivity contribution >= 4 is 39.4 Å². The molecule has 0 aliphatic heterocycles. The summed E-state index contributed by atoms with van der Waals surface area (Å²) in [6.45, 7) is 1.20. The molecule has 0 saturated carbocycles. The Balaban J connectivity index is 1.72. The van der Waals surface area contributed by atoms with Crippen molar-refractivity contribution in [2.75, 3.05) is 11.3 Å². The molecule has 1 unspecified atom stereocenters. The van der Waals surface area contributed by atoms with E-state index in [-0.39, 0.29) is 27.7 Å². The molecule has 0 radical (unpaired) electrons. The predicted octanol–water partition coefficient (Wildman–Crippen LogP) is 2.69. The SMILES string of the molecule is CCC(C(=O)Oc1ccc(S(=O)(=O)Nc2ccccc2C(=O)NCC(=O)O)cc1)c1ccc(C(=N)N)cc1. The molecular weight excluding hydrogens is 512 g/mol. The van der Waals surface area contributed by atoms with Gasteiger partial charge in [0, 0.05) is 5.56 Å². The Kier molecular flexibility index (Phi) is 8.81. The summed E-state index contributed by atoms with van der Waals surface area (Å²) < 4.78 is 33.6. The average Bonchev–Trinajstić information content (AvgIpc) is 2.88. The van der Waals surface area contributed by atoms with Gasteiger partial charge in [0.1, 0.15) is 18.1 Å². The minimum Gasteiger partial charge on any atom is -0.480 e. The van der Waals surface area contributed by atoms with Crippen molar-refractivity contribution in [2.24, 2.45) is 5.73 Å². The van der Waals surface area contributed by atoms with Gasteiger partial charge in [-0.15, -0.1) is 0 Å². The van der Waals surface area contributed by atoms with Gasteiger partial charge in [-0.25, -0.2) is 8.42 Å². The molecule has 0 bridgehead atoms. The van der Waals surface area contributed by atoms with Crippen molar-refractivity contribution in [2.45, 2.75) is 24.2 Å². The Labute approximate surface area is 219 Å². The molecule has 6 N–H and O–H groups in total. The van der Waals surface area contributed by atoms with Crippen LogP contribution in [0, 0.1) is 5.41 Å². The zero-order chi connectivity index (χ0) is 27.9. The zero-order valence-corrected chi connectivity index (χ0v) is 21.1. The van der Waals surface area contributed by atoms with Crippen LogP contribution in [-0.4, -0.2) is 43.8 Å². The largest absolute Gasteiger partial charge is 0.480 e. The molecule has 3 rings (SSSR count). The first kappa shape index (κ1) is 27.9. The third kappa shape index (κ3) is 6.95. The van der Waals surface area contributed by atoms with Crippen LogP contribution in [0.3, 0.4) is 0 Å². The molecular formula is C26H26N4O7S. The number of hydrogen-bond acceptors (Lipinski definition) is 7. The minimum atomic E-state index is -4.14. The van der Waals surface area contributed by atoms with Gasteiger partial charge in [0.2, 0.25) is 0 Å². The molecule has 3 aromatic rings. The quantitative estimate of drug-likeness (QED) is 0.107. The number of benzene rings is 3. The number of anilines is 1. The lowest BCUT2D eigenvalue weighted by Gasteiger charge is -2.15. The fourth-order valence-corrected chi connectivity index (χ4v) is 4.61. The number of carbonyl (C=O) groups is 3. The monoisotopic (exact) mass is 538 g/mol. The summed E-state index contributed by atoms with van der Waals surface area (Å²) in [7, 11) is -4.14. The zero-order valence-electron chi connectivity index (χ0n) is 20.3. The first-order chi connectivity index (χ1) is 18.0. The number of nitrogen functional groups attached to an aromatic ring is 1. The van der Waals surface area contributed by atoms with E-state index in [1.54, 1.807) is 24.3 Å². The summed E-state index contributed by atoms with van der Waals surface area (Å²) in [5.74, 6) is -3.05. The molecule has 198 valence electrons. The van der Waals surface area contributed by atoms with Crippen LogP contribution < -0.4 is 20.5 Å². The lowest BCUT2D eigenvalue weighted by molar-refractivity contribution is -0.137. The second-order valence-electron chi connectivity index (χ2n) is 8.12. The molecule has 0 spiro atoms. The third-order valence-electron chi connectivity index (χ3n) is 5.49. The number of carboxylic acids is 1. The lowest BCUT2D eigenvalue weighted by Crippen LogP contribution is -2.30. The van der Waals surface area contributed by atoms with Crippen LogP contribution in [0.15, 0.2) is 77.7 Å². The number of carbonyl (C=O) groups excluding carboxylic acids is 2. The van der Waals surface area contributed by atoms with Gasteiger partial charge in [-0.3, -0.25) is 24.5 Å². The van der Waals surface area contributed by atoms with E-state index in [1.165, 1.54) is 48.5 Å². The van der Waals surface area contributed by atoms with Crippen LogP contribution in [0.2, 0.25) is 0 Å². The summed E-state index contributed by atoms with van der Waals surface area (Å²) in [6, 6.07) is 17.6. The summed E-state index contributed by atoms with van der Waals surface area (Å²) in [5, 5.41) is 18.4. The van der Waals surface area contributed by atoms with Gasteiger partial charge in [-0.1, -0.05) is 43.3 Å². The standard InChI is InChI=1S/C26H26N4O7S/c1-2-20(16-7-9-17(10-8-16)24(27)28)26(34)37-18-11-13-19(14-12-18)38(35,36)30-22-6-4-3-5-21(22)25(33)29-15-23(31)32/h3-14,20,30H,2,15H2,1H3,(H3,27,28)(H,29,33)(H,31,32). The number of carboxylic acid groups (broad SMARTS) is 1. The number of nitrogens with one attached hydrogen (secondary N) is 3. The molecule has 3 aromatic carbocycles. The number of amidine groups is 1. The highest BCUT2D eigenvalue weighted by molar-refractivity contribution is 7.92. The van der Waals surface area contributed by atoms with Crippen molar-refractivity contribution in [3.05, 3.63) is 89.5 Å². The van der Waals surface area contributed by atoms with Crippen LogP contribution in [0.4, 0.5) is 5.69 Å². The Morgan fingerprint density at radius 1 is 1.00 bits per heavy atom. The van der Waals surface area contributed by atoms with Gasteiger partial charge in [0.25, 0.3) is 15.9 Å². The van der Waals surface area contributed by atoms with E-state index in [1.807, 2.05) is 6.92 Å². The van der Waals surface area contributed by atoms with E-state index in [4.69, 9.17) is 21.0 Å². The van der Waals surface area contributed by atoms with Crippen LogP contribution >= 0.6 is 0 Å². The van der Waals surface area contributed by atoms with Crippen molar-refractivity contribution in [3.8, 4) is 5.75 Å². The van der Waals surface area contributed by atoms with Crippen LogP contribution in [0.25, 0.3) is 0 Å². The van der Waals surface area contributed by atoms with Crippen LogP contribution in [0.5, 0.6) is 5.75 Å². The Morgan fingerprint density at radius 3 is 2.21 bits per heavy atom. The summed E-state index contributed by atoms with van der Waals surface area (Å²) in [6.07, 6.45) is 0.452. The summed E-state index contributed by atoms with van der Waals surface area (Å²) in [5.41, 5.74) is 6.61. The smallest absolute Gasteiger partial charge is 0.322 e. The molecule has 0 aromatic heterocycles. The summed E-state index contributed by atoms with van der Waals surface area (Å²) in [4.78, 5) is 35.7. The van der Waals surface area contributed by atoms with Crippen molar-refractivity contribution in [1.29, 1.82) is 5.41 Å². The molecule has 0 aliphatic rings. The highest BCUT2D eigenvalue weighted by atomic mass is 32.2. The van der Waals surface area contributed by atoms with E-state index in [0.29, 0.717) is 17.5 Å². The number of nitrogens with two attached hydrogens (primary N) is 1. The number of aliphatic carboxylic acids is 1. The topological polar surface area (TPSA) is 189 Å². The second-order valence-corrected chi connectivity index (χ2v) is 9.80. The Bertz CT molecular complexity index is 1450. The van der Waals surface area contributed by atoms with Crippen LogP contribution in [0.1, 0.15) is 40.7 Å². The number of amides is 1. The van der Waals surface area contributed by atoms with Gasteiger partial charge >= 0.3 is 11.9 Å². The third-order valence-corrected chi connectivity index (χ3v) is 6.87. The van der Waals surface area contributed by atoms with Crippen molar-refractivity contribution in [3.63, 3.8) is 0 Å². The predicted molar refractivity (Wildman–Crippen MR) is 140 cm³/mol. The van der Waals surface area contributed by atoms with E-state index in [0.717, 1.165) is 0 Å². The first-order valence-corrected chi connectivity index (χ1v) is 12.9. The van der Waals surface area contributed by atoms with Crippen molar-refractivity contribution < 1.29 is 32.6 Å². The van der Waals surface area contributed by atoms with Crippen LogP contribution in [-0.2, 0) is 19.6 Å². The number of esters is 1. The van der Waals surface area contributed by atoms with Gasteiger partial charge in [-0.2, -0.15) is 0 Å². The van der Waals surface area contributed by atoms with Crippen molar-refractivity contribution in [1.82, 2.24) is 5.32 Å². The molecule has 12 heteroatoms. The first-order valence-electron chi connectivity index (χ1n) is 11.4. The summed E-state index contributed by atoms with van der Waals surface area (Å²) >= 11 is 0. The number of hydrogen-bond donors (Lipinski definition) is 5. The highest BCUT2D eigenvalue weighted by Crippen LogP contribution is 2.25. The van der Waals surface area contributed by atoms with Gasteiger partial charge < -0.3 is 20.9 Å². The number of para-hydroxylation sites is 1. The maximum Gasteiger partial charge on any atom is 0.322 e. The molecule has 0 heterocycles. The maximum absolute atomic E-state index is 12.9. The van der Waals surface area contributed by atoms with E-state index in [9.17, 15) is 22.8 Å². The van der Waals surface area contributed by atoms with E-state index < -0.39 is 40.3 Å². The van der Waals surface area contributed by atoms with E-state index >= 15 is 0 Å². The minimum absolute atomic E-state index is 0.0347. The second kappa shape index (κ2) is 12.0. The molecule has 1 atom stereocenters. The maximum atomic E-state index is 12.9. The highest BCUT2D eigenvalue weighted by Gasteiger charge is 2.22. The number of sulfonamides is 1. The normalized spacial score (nSPS) is 11.7. The average molecular weight is 539 g/mol. The van der Waals surface area contributed by atoms with Gasteiger partial charge in [0.15, 0.2) is 0 Å². The molecule has 38 heavy (non-hydrogen) atoms. The fourth-order valence-electron chi connectivity index (χ4n) is 3.53. The molecule has 11 nitrogen and oxygen atoms in total. The molecule has 0 fully saturated rings. The van der Waals surface area contributed by atoms with E-state index in [2.05, 4.69) is 10.0 Å². The lowest BCUT2D eigenvalue weighted by atomic mass is 9.95. The number of rotatable bonds is 11. The number of ether oxygens (including phenoxy) is 1. The van der Waals surface area contributed by atoms with Gasteiger partial charge in [0.05, 0.1) is 22.1 Å². The fraction of sp³-hybridized carbons (Fsp3) is 0.154. The molecule has 1 amide bonds. The Morgan fingerprint density at radius 2 is 1.63 bits per heavy atom. The molecule has 0 aliphatic carbocycles.